The van der Waals surface area contributed by atoms with Gasteiger partial charge in [0.15, 0.2) is 0 Å². The number of hydrazone groups is 1. The van der Waals surface area contributed by atoms with Crippen LogP contribution in [0.1, 0.15) is 12.5 Å². The van der Waals surface area contributed by atoms with E-state index in [1.165, 1.54) is 0 Å². The van der Waals surface area contributed by atoms with E-state index in [-0.39, 0.29) is 6.17 Å². The van der Waals surface area contributed by atoms with Gasteiger partial charge >= 0.3 is 0 Å². The fourth-order valence-corrected chi connectivity index (χ4v) is 2.44. The third-order valence-corrected chi connectivity index (χ3v) is 3.68. The molecule has 2 aromatic carbocycles. The molecule has 3 nitrogen and oxygen atoms in total. The lowest BCUT2D eigenvalue weighted by atomic mass is 10.1. The molecule has 1 heterocycles. The Morgan fingerprint density at radius 2 is 1.90 bits per heavy atom. The monoisotopic (exact) mass is 327 g/mol. The molecule has 0 spiro atoms. The molecule has 0 bridgehead atoms. The highest BCUT2D eigenvalue weighted by Crippen LogP contribution is 2.26. The Morgan fingerprint density at radius 1 is 1.15 bits per heavy atom. The van der Waals surface area contributed by atoms with Gasteiger partial charge in [-0.2, -0.15) is 0 Å². The van der Waals surface area contributed by atoms with E-state index in [2.05, 4.69) is 51.3 Å². The normalized spacial score (nSPS) is 14.0. The number of hydrogen-bond acceptors (Lipinski definition) is 3. The maximum atomic E-state index is 4.34. The maximum absolute atomic E-state index is 4.34. The van der Waals surface area contributed by atoms with Gasteiger partial charge in [0.2, 0.25) is 0 Å². The van der Waals surface area contributed by atoms with Crippen molar-refractivity contribution < 1.29 is 0 Å². The van der Waals surface area contributed by atoms with Crippen LogP contribution in [-0.2, 0) is 0 Å². The first-order chi connectivity index (χ1) is 9.74. The summed E-state index contributed by atoms with van der Waals surface area (Å²) in [6.45, 7) is 2.08. The summed E-state index contributed by atoms with van der Waals surface area (Å²) in [5.74, 6) is 2.95. The molecule has 0 saturated heterocycles. The molecule has 4 heteroatoms. The molecule has 0 radical (unpaired) electrons. The summed E-state index contributed by atoms with van der Waals surface area (Å²) in [4.78, 5) is 0. The smallest absolute Gasteiger partial charge is 0.119 e. The molecule has 1 atom stereocenters. The van der Waals surface area contributed by atoms with E-state index >= 15 is 0 Å². The molecule has 20 heavy (non-hydrogen) atoms. The molecule has 0 aliphatic carbocycles. The summed E-state index contributed by atoms with van der Waals surface area (Å²) >= 11 is 3.44. The van der Waals surface area contributed by atoms with Gasteiger partial charge in [0, 0.05) is 27.7 Å². The van der Waals surface area contributed by atoms with Crippen molar-refractivity contribution in [3.8, 4) is 0 Å². The second kappa shape index (κ2) is 5.53. The van der Waals surface area contributed by atoms with Gasteiger partial charge in [-0.3, -0.25) is 0 Å². The molecular formula is C16H14BrN3. The number of para-hydroxylation sites is 1. The van der Waals surface area contributed by atoms with Crippen LogP contribution in [0.4, 0.5) is 11.4 Å². The van der Waals surface area contributed by atoms with Crippen LogP contribution in [0.25, 0.3) is 6.08 Å². The molecule has 0 fully saturated rings. The van der Waals surface area contributed by atoms with Crippen molar-refractivity contribution in [2.24, 2.45) is 5.10 Å². The first-order valence-electron chi connectivity index (χ1n) is 6.44. The topological polar surface area (TPSA) is 27.6 Å². The standard InChI is InChI=1S/C16H14BrN3/c1-12(19-15-8-6-14(17)7-9-15)20-16-5-3-2-4-13(16)10-11-18-20/h2-10,12,19H,1H3. The Morgan fingerprint density at radius 3 is 2.70 bits per heavy atom. The molecule has 2 aromatic rings. The molecule has 0 saturated carbocycles. The predicted octanol–water partition coefficient (Wildman–Crippen LogP) is 4.33. The van der Waals surface area contributed by atoms with Gasteiger partial charge in [-0.1, -0.05) is 34.1 Å². The first-order valence-corrected chi connectivity index (χ1v) is 7.23. The van der Waals surface area contributed by atoms with E-state index in [0.717, 1.165) is 21.4 Å². The number of nitrogens with one attached hydrogen (secondary N) is 1. The van der Waals surface area contributed by atoms with Crippen LogP contribution < -0.4 is 10.3 Å². The van der Waals surface area contributed by atoms with Gasteiger partial charge < -0.3 is 5.32 Å². The number of nitrogens with zero attached hydrogens (tertiary/aromatic N) is 2. The number of halogens is 1. The van der Waals surface area contributed by atoms with Crippen molar-refractivity contribution >= 4 is 39.3 Å². The molecule has 1 aliphatic heterocycles. The van der Waals surface area contributed by atoms with Crippen LogP contribution in [0, 0.1) is 0 Å². The first kappa shape index (κ1) is 13.0. The summed E-state index contributed by atoms with van der Waals surface area (Å²) in [6, 6.07) is 16.3. The van der Waals surface area contributed by atoms with Gasteiger partial charge in [0.1, 0.15) is 6.17 Å². The average Bonchev–Trinajstić information content (AvgIpc) is 2.49. The molecule has 1 aliphatic rings. The lowest BCUT2D eigenvalue weighted by Crippen LogP contribution is -2.35. The van der Waals surface area contributed by atoms with Gasteiger partial charge in [0.25, 0.3) is 0 Å². The minimum Gasteiger partial charge on any atom is -0.364 e. The third kappa shape index (κ3) is 2.62. The molecule has 0 aromatic heterocycles. The van der Waals surface area contributed by atoms with E-state index in [4.69, 9.17) is 0 Å². The van der Waals surface area contributed by atoms with E-state index in [1.807, 2.05) is 47.5 Å². The average molecular weight is 328 g/mol. The number of anilines is 2. The lowest BCUT2D eigenvalue weighted by molar-refractivity contribution is 0.728. The fourth-order valence-electron chi connectivity index (χ4n) is 2.18. The largest absolute Gasteiger partial charge is 0.364 e. The number of benzene rings is 2. The van der Waals surface area contributed by atoms with Crippen LogP contribution in [0.15, 0.2) is 58.1 Å². The Bertz CT molecular complexity index is 672. The van der Waals surface area contributed by atoms with Crippen LogP contribution in [0.2, 0.25) is 0 Å². The zero-order valence-corrected chi connectivity index (χ0v) is 12.6. The van der Waals surface area contributed by atoms with Gasteiger partial charge in [-0.15, -0.1) is 5.10 Å². The number of rotatable bonds is 3. The van der Waals surface area contributed by atoms with Crippen molar-refractivity contribution in [3.63, 3.8) is 0 Å². The van der Waals surface area contributed by atoms with Crippen LogP contribution in [-0.4, -0.2) is 12.0 Å². The predicted molar refractivity (Wildman–Crippen MR) is 88.0 cm³/mol. The fraction of sp³-hybridized carbons (Fsp3) is 0.125. The van der Waals surface area contributed by atoms with Gasteiger partial charge in [0.05, 0.1) is 5.69 Å². The molecule has 1 unspecified atom stereocenters. The van der Waals surface area contributed by atoms with E-state index in [9.17, 15) is 0 Å². The van der Waals surface area contributed by atoms with E-state index in [1.54, 1.807) is 0 Å². The van der Waals surface area contributed by atoms with Crippen molar-refractivity contribution in [2.45, 2.75) is 13.1 Å². The van der Waals surface area contributed by atoms with Crippen LogP contribution in [0.3, 0.4) is 0 Å². The second-order valence-electron chi connectivity index (χ2n) is 4.60. The summed E-state index contributed by atoms with van der Waals surface area (Å²) in [5, 5.41) is 9.72. The SMILES string of the molecule is CC(Nc1ccc(Br)cc1)N1N=C=Cc2ccccc21. The highest BCUT2D eigenvalue weighted by molar-refractivity contribution is 9.10. The quantitative estimate of drug-likeness (QED) is 0.908. The molecular weight excluding hydrogens is 314 g/mol. The zero-order chi connectivity index (χ0) is 13.9. The van der Waals surface area contributed by atoms with Crippen LogP contribution >= 0.6 is 15.9 Å². The zero-order valence-electron chi connectivity index (χ0n) is 11.0. The highest BCUT2D eigenvalue weighted by Gasteiger charge is 2.17. The molecule has 1 N–H and O–H groups in total. The Labute approximate surface area is 126 Å². The van der Waals surface area contributed by atoms with Crippen LogP contribution in [0.5, 0.6) is 0 Å². The van der Waals surface area contributed by atoms with E-state index < -0.39 is 0 Å². The van der Waals surface area contributed by atoms with Crippen molar-refractivity contribution in [1.82, 2.24) is 0 Å². The van der Waals surface area contributed by atoms with Gasteiger partial charge in [-0.25, -0.2) is 5.01 Å². The minimum absolute atomic E-state index is 0.0403. The highest BCUT2D eigenvalue weighted by atomic mass is 79.9. The number of hydrogen-bond donors (Lipinski definition) is 1. The summed E-state index contributed by atoms with van der Waals surface area (Å²) in [6.07, 6.45) is 1.94. The van der Waals surface area contributed by atoms with Crippen molar-refractivity contribution in [3.05, 3.63) is 58.6 Å². The summed E-state index contributed by atoms with van der Waals surface area (Å²) in [7, 11) is 0. The van der Waals surface area contributed by atoms with Crippen molar-refractivity contribution in [2.75, 3.05) is 10.3 Å². The van der Waals surface area contributed by atoms with Gasteiger partial charge in [-0.05, 0) is 37.3 Å². The molecule has 0 amide bonds. The van der Waals surface area contributed by atoms with Crippen molar-refractivity contribution in [1.29, 1.82) is 0 Å². The lowest BCUT2D eigenvalue weighted by Gasteiger charge is -2.29. The van der Waals surface area contributed by atoms with E-state index in [0.29, 0.717) is 0 Å². The summed E-state index contributed by atoms with van der Waals surface area (Å²) in [5.41, 5.74) is 3.28. The third-order valence-electron chi connectivity index (χ3n) is 3.16. The minimum atomic E-state index is 0.0403. The Kier molecular flexibility index (Phi) is 3.59. The molecule has 100 valence electrons. The maximum Gasteiger partial charge on any atom is 0.119 e. The Hall–Kier alpha value is -2.03. The molecule has 3 rings (SSSR count). The number of fused-ring (bicyclic) bond motifs is 1. The summed E-state index contributed by atoms with van der Waals surface area (Å²) < 4.78 is 1.07. The Balaban J connectivity index is 1.83. The second-order valence-corrected chi connectivity index (χ2v) is 5.52.